The number of aromatic nitrogens is 2. The topological polar surface area (TPSA) is 148 Å². The largest absolute Gasteiger partial charge is 0.497 e. The molecule has 57 heavy (non-hydrogen) atoms. The van der Waals surface area contributed by atoms with Crippen LogP contribution in [0.3, 0.4) is 0 Å². The minimum atomic E-state index is -3.52. The van der Waals surface area contributed by atoms with Crippen LogP contribution in [0.4, 0.5) is 0 Å². The maximum atomic E-state index is 13.5. The van der Waals surface area contributed by atoms with Crippen molar-refractivity contribution < 1.29 is 37.7 Å². The molecule has 12 nitrogen and oxygen atoms in total. The molecule has 2 aliphatic rings. The minimum absolute atomic E-state index is 0.0277. The number of methoxy groups -OCH3 is 2. The highest BCUT2D eigenvalue weighted by atomic mass is 31.2. The standard InChI is InChI=1S/C44H47N2O10P/c1-7-36-38(8-2)55-57(50,56-43(36,3)4)26-14-10-11-15-30-28-46(42(49)45-41(30)48)40-27-37(47)39(54-40)29-53-44(31-16-12-9-13-17-31,32-18-22-34(51-5)23-19-32)33-20-24-35(52-6)25-21-33/h7-9,12-13,16-25,28,37,39-40,47H,1-2,10,14,26-27,29H2,3-6H3,(H,45,48,49). The van der Waals surface area contributed by atoms with Crippen LogP contribution in [0.5, 0.6) is 11.5 Å². The predicted octanol–water partition coefficient (Wildman–Crippen LogP) is 6.99. The summed E-state index contributed by atoms with van der Waals surface area (Å²) in [5, 5.41) is 11.3. The van der Waals surface area contributed by atoms with Gasteiger partial charge in [-0.05, 0) is 67.3 Å². The molecule has 0 spiro atoms. The minimum Gasteiger partial charge on any atom is -0.497 e. The zero-order valence-corrected chi connectivity index (χ0v) is 33.3. The van der Waals surface area contributed by atoms with Crippen LogP contribution in [0, 0.1) is 11.8 Å². The van der Waals surface area contributed by atoms with Crippen molar-refractivity contribution in [2.75, 3.05) is 27.0 Å². The van der Waals surface area contributed by atoms with E-state index in [1.807, 2.05) is 78.9 Å². The Hall–Kier alpha value is -5.41. The third kappa shape index (κ3) is 8.79. The van der Waals surface area contributed by atoms with E-state index in [2.05, 4.69) is 30.0 Å². The van der Waals surface area contributed by atoms with Crippen LogP contribution < -0.4 is 20.7 Å². The van der Waals surface area contributed by atoms with E-state index in [9.17, 15) is 19.3 Å². The van der Waals surface area contributed by atoms with Crippen LogP contribution in [-0.2, 0) is 28.7 Å². The molecular weight excluding hydrogens is 747 g/mol. The van der Waals surface area contributed by atoms with Crippen molar-refractivity contribution in [3.63, 3.8) is 0 Å². The van der Waals surface area contributed by atoms with Gasteiger partial charge in [-0.1, -0.05) is 85.7 Å². The summed E-state index contributed by atoms with van der Waals surface area (Å²) < 4.78 is 50.3. The smallest absolute Gasteiger partial charge is 0.380 e. The van der Waals surface area contributed by atoms with E-state index >= 15 is 0 Å². The van der Waals surface area contributed by atoms with Gasteiger partial charge < -0.3 is 28.6 Å². The van der Waals surface area contributed by atoms with Crippen molar-refractivity contribution in [2.24, 2.45) is 0 Å². The molecule has 1 saturated heterocycles. The molecule has 2 N–H and O–H groups in total. The molecule has 3 aromatic carbocycles. The van der Waals surface area contributed by atoms with E-state index in [1.54, 1.807) is 34.1 Å². The Labute approximate surface area is 331 Å². The summed E-state index contributed by atoms with van der Waals surface area (Å²) >= 11 is 0. The van der Waals surface area contributed by atoms with Crippen LogP contribution in [0.25, 0.3) is 0 Å². The number of allylic oxidation sites excluding steroid dienone is 1. The van der Waals surface area contributed by atoms with Gasteiger partial charge in [0.1, 0.15) is 46.4 Å². The lowest BCUT2D eigenvalue weighted by molar-refractivity contribution is -0.0944. The number of hydrogen-bond donors (Lipinski definition) is 2. The second-order valence-corrected chi connectivity index (χ2v) is 16.1. The molecule has 0 amide bonds. The number of unbranched alkanes of at least 4 members (excludes halogenated alkanes) is 1. The van der Waals surface area contributed by atoms with E-state index in [4.69, 9.17) is 28.0 Å². The van der Waals surface area contributed by atoms with Gasteiger partial charge in [-0.3, -0.25) is 18.9 Å². The zero-order valence-electron chi connectivity index (χ0n) is 32.4. The van der Waals surface area contributed by atoms with Crippen molar-refractivity contribution >= 4 is 7.60 Å². The highest BCUT2D eigenvalue weighted by Gasteiger charge is 2.43. The van der Waals surface area contributed by atoms with E-state index in [0.29, 0.717) is 29.3 Å². The third-order valence-corrected chi connectivity index (χ3v) is 12.1. The molecule has 0 saturated carbocycles. The molecule has 3 heterocycles. The van der Waals surface area contributed by atoms with Gasteiger partial charge in [0, 0.05) is 24.6 Å². The Kier molecular flexibility index (Phi) is 12.6. The van der Waals surface area contributed by atoms with Crippen LogP contribution in [0.15, 0.2) is 131 Å². The molecule has 13 heteroatoms. The number of nitrogens with zero attached hydrogens (tertiary/aromatic N) is 1. The SMILES string of the molecule is C=CC1=C(C=C)C(C)(C)OP(=O)(CCCC#Cc2cn(C3CC(O)C(COC(c4ccccc4)(c4ccc(OC)cc4)c4ccc(OC)cc4)O3)c(=O)[nH]c2=O)O1. The molecule has 4 aromatic rings. The number of aliphatic hydroxyl groups excluding tert-OH is 1. The molecule has 2 aliphatic heterocycles. The van der Waals surface area contributed by atoms with Gasteiger partial charge >= 0.3 is 13.3 Å². The van der Waals surface area contributed by atoms with Crippen LogP contribution in [0.2, 0.25) is 0 Å². The lowest BCUT2D eigenvalue weighted by atomic mass is 9.80. The number of rotatable bonds is 14. The number of ether oxygens (including phenoxy) is 4. The van der Waals surface area contributed by atoms with Gasteiger partial charge in [-0.25, -0.2) is 9.36 Å². The Bertz CT molecular complexity index is 2290. The summed E-state index contributed by atoms with van der Waals surface area (Å²) in [6, 6.07) is 24.9. The van der Waals surface area contributed by atoms with Gasteiger partial charge in [0.25, 0.3) is 5.56 Å². The molecule has 1 fully saturated rings. The number of aliphatic hydroxyl groups is 1. The van der Waals surface area contributed by atoms with Gasteiger partial charge in [0.05, 0.1) is 33.1 Å². The first kappa shape index (κ1) is 41.2. The van der Waals surface area contributed by atoms with Crippen molar-refractivity contribution in [1.82, 2.24) is 9.55 Å². The molecule has 4 atom stereocenters. The number of hydrogen-bond acceptors (Lipinski definition) is 10. The lowest BCUT2D eigenvalue weighted by Crippen LogP contribution is -2.38. The van der Waals surface area contributed by atoms with E-state index in [-0.39, 0.29) is 31.2 Å². The first-order valence-electron chi connectivity index (χ1n) is 18.5. The quantitative estimate of drug-likeness (QED) is 0.0593. The average molecular weight is 795 g/mol. The monoisotopic (exact) mass is 794 g/mol. The van der Waals surface area contributed by atoms with Gasteiger partial charge in [0.2, 0.25) is 0 Å². The summed E-state index contributed by atoms with van der Waals surface area (Å²) in [6.07, 6.45) is 2.38. The molecule has 6 rings (SSSR count). The first-order chi connectivity index (χ1) is 27.4. The van der Waals surface area contributed by atoms with Crippen molar-refractivity contribution in [1.29, 1.82) is 0 Å². The van der Waals surface area contributed by atoms with Crippen molar-refractivity contribution in [2.45, 2.75) is 62.7 Å². The zero-order chi connectivity index (χ0) is 40.8. The predicted molar refractivity (Wildman–Crippen MR) is 216 cm³/mol. The summed E-state index contributed by atoms with van der Waals surface area (Å²) in [6.45, 7) is 11.1. The fourth-order valence-corrected chi connectivity index (χ4v) is 9.15. The maximum Gasteiger partial charge on any atom is 0.380 e. The maximum absolute atomic E-state index is 13.5. The summed E-state index contributed by atoms with van der Waals surface area (Å²) in [7, 11) is -0.313. The molecule has 1 aromatic heterocycles. The average Bonchev–Trinajstić information content (AvgIpc) is 3.58. The summed E-state index contributed by atoms with van der Waals surface area (Å²) in [4.78, 5) is 28.2. The Morgan fingerprint density at radius 1 is 0.965 bits per heavy atom. The fraction of sp³-hybridized carbons (Fsp3) is 0.318. The van der Waals surface area contributed by atoms with Crippen LogP contribution in [-0.4, -0.2) is 59.5 Å². The second-order valence-electron chi connectivity index (χ2n) is 14.1. The Morgan fingerprint density at radius 3 is 2.16 bits per heavy atom. The molecular formula is C44H47N2O10P. The van der Waals surface area contributed by atoms with E-state index in [0.717, 1.165) is 16.7 Å². The third-order valence-electron chi connectivity index (χ3n) is 9.98. The highest BCUT2D eigenvalue weighted by Crippen LogP contribution is 2.59. The normalized spacial score (nSPS) is 21.5. The van der Waals surface area contributed by atoms with Crippen molar-refractivity contribution in [3.8, 4) is 23.3 Å². The van der Waals surface area contributed by atoms with Gasteiger partial charge in [-0.2, -0.15) is 0 Å². The number of benzene rings is 3. The number of nitrogens with one attached hydrogen (secondary N) is 1. The summed E-state index contributed by atoms with van der Waals surface area (Å²) in [5.41, 5.74) is -0.297. The van der Waals surface area contributed by atoms with Crippen LogP contribution >= 0.6 is 7.60 Å². The lowest BCUT2D eigenvalue weighted by Gasteiger charge is -2.37. The molecule has 0 bridgehead atoms. The van der Waals surface area contributed by atoms with E-state index in [1.165, 1.54) is 16.8 Å². The molecule has 4 unspecified atom stereocenters. The first-order valence-corrected chi connectivity index (χ1v) is 20.2. The number of aromatic amines is 1. The van der Waals surface area contributed by atoms with Gasteiger partial charge in [0.15, 0.2) is 0 Å². The number of H-pyrrole nitrogens is 1. The van der Waals surface area contributed by atoms with Crippen molar-refractivity contribution in [3.05, 3.63) is 165 Å². The van der Waals surface area contributed by atoms with Crippen LogP contribution in [0.1, 0.15) is 61.6 Å². The Balaban J connectivity index is 1.20. The van der Waals surface area contributed by atoms with E-state index < -0.39 is 48.5 Å². The Morgan fingerprint density at radius 2 is 1.58 bits per heavy atom. The second kappa shape index (κ2) is 17.4. The summed E-state index contributed by atoms with van der Waals surface area (Å²) in [5.74, 6) is 7.46. The van der Waals surface area contributed by atoms with Gasteiger partial charge in [-0.15, -0.1) is 0 Å². The molecule has 0 radical (unpaired) electrons. The fourth-order valence-electron chi connectivity index (χ4n) is 7.12. The molecule has 0 aliphatic carbocycles. The highest BCUT2D eigenvalue weighted by molar-refractivity contribution is 7.54. The molecule has 298 valence electrons.